The number of ether oxygens (including phenoxy) is 3. The molecule has 2 aliphatic rings. The van der Waals surface area contributed by atoms with E-state index in [4.69, 9.17) is 34.7 Å². The summed E-state index contributed by atoms with van der Waals surface area (Å²) in [4.78, 5) is 74.3. The van der Waals surface area contributed by atoms with Crippen LogP contribution in [0.1, 0.15) is 24.4 Å². The first-order valence-corrected chi connectivity index (χ1v) is 18.5. The molecule has 0 amide bonds. The third kappa shape index (κ3) is 8.92. The van der Waals surface area contributed by atoms with Crippen LogP contribution in [0.25, 0.3) is 11.2 Å². The number of phosphoric ester groups is 2. The molecule has 2 aliphatic heterocycles. The van der Waals surface area contributed by atoms with Crippen molar-refractivity contribution in [3.8, 4) is 0 Å². The Morgan fingerprint density at radius 3 is 2.34 bits per heavy atom. The van der Waals surface area contributed by atoms with Crippen LogP contribution in [-0.2, 0) is 48.1 Å². The van der Waals surface area contributed by atoms with Gasteiger partial charge in [-0.1, -0.05) is 6.07 Å². The highest BCUT2D eigenvalue weighted by atomic mass is 31.2. The first kappa shape index (κ1) is 38.4. The van der Waals surface area contributed by atoms with Crippen molar-refractivity contribution in [2.75, 3.05) is 24.7 Å². The van der Waals surface area contributed by atoms with Gasteiger partial charge in [0.15, 0.2) is 30.0 Å². The second kappa shape index (κ2) is 15.6. The van der Waals surface area contributed by atoms with Crippen molar-refractivity contribution in [1.82, 2.24) is 34.1 Å². The van der Waals surface area contributed by atoms with Gasteiger partial charge >= 0.3 is 27.3 Å². The molecule has 24 nitrogen and oxygen atoms in total. The highest BCUT2D eigenvalue weighted by molar-refractivity contribution is 7.47. The van der Waals surface area contributed by atoms with Gasteiger partial charge in [0.2, 0.25) is 0 Å². The van der Waals surface area contributed by atoms with E-state index in [9.17, 15) is 43.6 Å². The lowest BCUT2D eigenvalue weighted by atomic mass is 10.1. The summed E-state index contributed by atoms with van der Waals surface area (Å²) in [6.45, 7) is -1.85. The van der Waals surface area contributed by atoms with Gasteiger partial charge < -0.3 is 50.6 Å². The van der Waals surface area contributed by atoms with Crippen LogP contribution >= 0.6 is 15.6 Å². The first-order valence-electron chi connectivity index (χ1n) is 15.5. The number of imidazole rings is 1. The Morgan fingerprint density at radius 1 is 0.943 bits per heavy atom. The number of phosphoric acid groups is 2. The Balaban J connectivity index is 1.20. The van der Waals surface area contributed by atoms with Gasteiger partial charge in [0.05, 0.1) is 19.5 Å². The quantitative estimate of drug-likeness (QED) is 0.0554. The van der Waals surface area contributed by atoms with Gasteiger partial charge in [-0.3, -0.25) is 32.5 Å². The molecule has 0 bridgehead atoms. The molecule has 0 aromatic carbocycles. The van der Waals surface area contributed by atoms with Gasteiger partial charge in [-0.05, 0) is 24.1 Å². The number of nitrogens with two attached hydrogens (primary N) is 2. The van der Waals surface area contributed by atoms with E-state index in [1.165, 1.54) is 17.0 Å². The molecule has 9 N–H and O–H groups in total. The molecule has 6 rings (SSSR count). The minimum atomic E-state index is -5.31. The Bertz CT molecular complexity index is 2090. The number of aromatic nitrogens is 7. The third-order valence-electron chi connectivity index (χ3n) is 8.08. The zero-order valence-electron chi connectivity index (χ0n) is 27.1. The Labute approximate surface area is 297 Å². The van der Waals surface area contributed by atoms with Crippen LogP contribution in [0, 0.1) is 0 Å². The summed E-state index contributed by atoms with van der Waals surface area (Å²) in [6, 6.07) is 4.62. The number of hydrogen-bond donors (Lipinski definition) is 7. The maximum Gasteiger partial charge on any atom is 0.472 e. The van der Waals surface area contributed by atoms with Crippen LogP contribution in [0.2, 0.25) is 0 Å². The molecule has 2 saturated heterocycles. The zero-order valence-corrected chi connectivity index (χ0v) is 28.9. The minimum absolute atomic E-state index is 0.0280. The van der Waals surface area contributed by atoms with Crippen LogP contribution in [0.15, 0.2) is 54.2 Å². The first-order chi connectivity index (χ1) is 25.1. The molecule has 0 saturated carbocycles. The summed E-state index contributed by atoms with van der Waals surface area (Å²) in [7, 11) is -10.4. The third-order valence-corrected chi connectivity index (χ3v) is 9.55. The number of nitrogens with zero attached hydrogens (tertiary/aromatic N) is 7. The summed E-state index contributed by atoms with van der Waals surface area (Å²) in [5.41, 5.74) is 11.4. The van der Waals surface area contributed by atoms with E-state index < -0.39 is 89.6 Å². The molecule has 0 spiro atoms. The lowest BCUT2D eigenvalue weighted by molar-refractivity contribution is -0.156. The number of esters is 1. The topological polar surface area (TPSA) is 351 Å². The van der Waals surface area contributed by atoms with Crippen molar-refractivity contribution in [2.24, 2.45) is 0 Å². The van der Waals surface area contributed by atoms with E-state index in [-0.39, 0.29) is 35.6 Å². The maximum absolute atomic E-state index is 13.3. The van der Waals surface area contributed by atoms with E-state index in [0.717, 1.165) is 22.7 Å². The summed E-state index contributed by atoms with van der Waals surface area (Å²) < 4.78 is 58.8. The fraction of sp³-hybridized carbons (Fsp3) is 0.444. The summed E-state index contributed by atoms with van der Waals surface area (Å²) in [6.07, 6.45) is -6.36. The number of aliphatic hydroxyl groups excluding tert-OH is 2. The molecule has 0 radical (unpaired) electrons. The summed E-state index contributed by atoms with van der Waals surface area (Å²) >= 11 is 0. The van der Waals surface area contributed by atoms with Crippen molar-refractivity contribution in [1.29, 1.82) is 0 Å². The Kier molecular flexibility index (Phi) is 11.3. The van der Waals surface area contributed by atoms with Crippen molar-refractivity contribution in [2.45, 2.75) is 61.9 Å². The molecule has 2 fully saturated rings. The van der Waals surface area contributed by atoms with Crippen molar-refractivity contribution in [3.05, 3.63) is 65.5 Å². The lowest BCUT2D eigenvalue weighted by Crippen LogP contribution is -2.39. The average Bonchev–Trinajstić information content (AvgIpc) is 3.76. The Morgan fingerprint density at radius 2 is 1.64 bits per heavy atom. The van der Waals surface area contributed by atoms with Crippen molar-refractivity contribution in [3.63, 3.8) is 0 Å². The zero-order chi connectivity index (χ0) is 38.1. The number of pyridine rings is 1. The van der Waals surface area contributed by atoms with Crippen LogP contribution in [-0.4, -0.2) is 115 Å². The van der Waals surface area contributed by atoms with Crippen molar-refractivity contribution >= 4 is 44.4 Å². The standard InChI is InChI=1S/C27H33N9O15P2/c28-16-5-7-35(27(40)34-16)25-20(39)22(15(49-25)9-46-52(41,42)43)51-53(44,45)47-10-14-21(50-17(37)4-3-13-2-1-6-30-8-13)19(38)26(48-14)36-12-33-18-23(29)31-11-32-24(18)36/h1-2,5-8,11-12,14-15,19-22,25-26,38-39H,3-4,9-10H2,(H,44,45)(H2,28,34,40)(H2,29,31,32)(H2,41,42,43)/t14-,15-,19-,20-,21-,22-,25-,26-/m1/s1. The molecule has 9 atom stereocenters. The number of nitrogen functional groups attached to an aromatic ring is 2. The van der Waals surface area contributed by atoms with E-state index in [1.807, 2.05) is 0 Å². The van der Waals surface area contributed by atoms with E-state index >= 15 is 0 Å². The molecule has 1 unspecified atom stereocenters. The number of carbonyl (C=O) groups excluding carboxylic acids is 1. The molecule has 53 heavy (non-hydrogen) atoms. The van der Waals surface area contributed by atoms with Gasteiger partial charge in [-0.2, -0.15) is 4.98 Å². The molecule has 4 aromatic rings. The van der Waals surface area contributed by atoms with Crippen LogP contribution in [0.5, 0.6) is 0 Å². The largest absolute Gasteiger partial charge is 0.472 e. The van der Waals surface area contributed by atoms with Gasteiger partial charge in [0, 0.05) is 25.0 Å². The van der Waals surface area contributed by atoms with Gasteiger partial charge in [-0.25, -0.2) is 28.9 Å². The molecule has 6 heterocycles. The summed E-state index contributed by atoms with van der Waals surface area (Å²) in [5, 5.41) is 22.4. The Hall–Kier alpha value is -4.29. The van der Waals surface area contributed by atoms with E-state index in [2.05, 4.69) is 29.4 Å². The summed E-state index contributed by atoms with van der Waals surface area (Å²) in [5.74, 6) is -0.908. The maximum atomic E-state index is 13.3. The molecule has 26 heteroatoms. The fourth-order valence-electron chi connectivity index (χ4n) is 5.64. The number of fused-ring (bicyclic) bond motifs is 1. The molecule has 0 aliphatic carbocycles. The molecule has 286 valence electrons. The van der Waals surface area contributed by atoms with Crippen LogP contribution in [0.3, 0.4) is 0 Å². The fourth-order valence-corrected chi connectivity index (χ4v) is 6.95. The van der Waals surface area contributed by atoms with Crippen LogP contribution < -0.4 is 17.2 Å². The number of aryl methyl sites for hydroxylation is 1. The van der Waals surface area contributed by atoms with Gasteiger partial charge in [-0.15, -0.1) is 0 Å². The molecular formula is C27H33N9O15P2. The normalized spacial score (nSPS) is 27.2. The highest BCUT2D eigenvalue weighted by Crippen LogP contribution is 2.50. The lowest BCUT2D eigenvalue weighted by Gasteiger charge is -2.25. The monoisotopic (exact) mass is 785 g/mol. The number of hydrogen-bond acceptors (Lipinski definition) is 19. The van der Waals surface area contributed by atoms with Gasteiger partial charge in [0.25, 0.3) is 0 Å². The second-order valence-electron chi connectivity index (χ2n) is 11.7. The molecule has 4 aromatic heterocycles. The number of aliphatic hydroxyl groups is 2. The highest BCUT2D eigenvalue weighted by Gasteiger charge is 2.52. The van der Waals surface area contributed by atoms with E-state index in [0.29, 0.717) is 0 Å². The minimum Gasteiger partial charge on any atom is -0.457 e. The predicted octanol–water partition coefficient (Wildman–Crippen LogP) is -1.68. The number of rotatable bonds is 14. The van der Waals surface area contributed by atoms with Crippen LogP contribution in [0.4, 0.5) is 11.6 Å². The smallest absolute Gasteiger partial charge is 0.457 e. The SMILES string of the molecule is Nc1ccn([C@@H]2O[C@H](COP(=O)(O)O)[C@@H](OP(=O)(O)OC[C@H]3O[C@@H](n4cnc5c(N)ncnc54)[C@H](O)[C@@H]3OC(=O)CCc3cccnc3)[C@H]2O)c(=O)n1. The van der Waals surface area contributed by atoms with Gasteiger partial charge in [0.1, 0.15) is 48.2 Å². The predicted molar refractivity (Wildman–Crippen MR) is 174 cm³/mol. The number of carbonyl (C=O) groups is 1. The van der Waals surface area contributed by atoms with Crippen molar-refractivity contribution < 1.29 is 66.6 Å². The molecular weight excluding hydrogens is 752 g/mol. The second-order valence-corrected chi connectivity index (χ2v) is 14.3. The average molecular weight is 786 g/mol. The number of anilines is 2. The van der Waals surface area contributed by atoms with E-state index in [1.54, 1.807) is 24.5 Å².